The number of rotatable bonds is 7. The summed E-state index contributed by atoms with van der Waals surface area (Å²) in [5.41, 5.74) is 1.06. The van der Waals surface area contributed by atoms with Gasteiger partial charge < -0.3 is 15.2 Å². The Balaban J connectivity index is 1.59. The van der Waals surface area contributed by atoms with Gasteiger partial charge in [-0.05, 0) is 40.2 Å². The lowest BCUT2D eigenvalue weighted by Gasteiger charge is -2.13. The highest BCUT2D eigenvalue weighted by molar-refractivity contribution is 9.10. The number of nitrogens with one attached hydrogen (secondary N) is 1. The molecule has 0 aliphatic rings. The molecule has 1 atom stereocenters. The van der Waals surface area contributed by atoms with E-state index in [-0.39, 0.29) is 0 Å². The lowest BCUT2D eigenvalue weighted by atomic mass is 10.2. The van der Waals surface area contributed by atoms with Gasteiger partial charge in [0.25, 0.3) is 0 Å². The summed E-state index contributed by atoms with van der Waals surface area (Å²) < 4.78 is 6.95. The van der Waals surface area contributed by atoms with Gasteiger partial charge in [-0.2, -0.15) is 0 Å². The Labute approximate surface area is 154 Å². The molecule has 1 aromatic heterocycles. The van der Waals surface area contributed by atoms with E-state index in [1.165, 1.54) is 0 Å². The Kier molecular flexibility index (Phi) is 6.04. The third-order valence-corrected chi connectivity index (χ3v) is 5.31. The minimum absolute atomic E-state index is 0.493. The number of benzene rings is 2. The van der Waals surface area contributed by atoms with Crippen LogP contribution in [0.25, 0.3) is 0 Å². The van der Waals surface area contributed by atoms with E-state index in [1.807, 2.05) is 66.0 Å². The van der Waals surface area contributed by atoms with Crippen molar-refractivity contribution in [1.29, 1.82) is 0 Å². The molecule has 0 spiro atoms. The monoisotopic (exact) mass is 403 g/mol. The fourth-order valence-electron chi connectivity index (χ4n) is 2.31. The van der Waals surface area contributed by atoms with Crippen LogP contribution in [0.4, 0.5) is 0 Å². The number of aliphatic hydroxyl groups is 1. The Hall–Kier alpha value is -1.66. The van der Waals surface area contributed by atoms with E-state index in [1.54, 1.807) is 11.3 Å². The molecule has 0 fully saturated rings. The van der Waals surface area contributed by atoms with Crippen LogP contribution in [0.1, 0.15) is 16.5 Å². The molecule has 3 nitrogen and oxygen atoms in total. The van der Waals surface area contributed by atoms with Crippen LogP contribution in [0.5, 0.6) is 11.5 Å². The summed E-state index contributed by atoms with van der Waals surface area (Å²) in [6, 6.07) is 19.6. The summed E-state index contributed by atoms with van der Waals surface area (Å²) in [5.74, 6) is 1.64. The Morgan fingerprint density at radius 3 is 2.58 bits per heavy atom. The third-order valence-electron chi connectivity index (χ3n) is 3.51. The maximum Gasteiger partial charge on any atom is 0.131 e. The number of hydrogen-bond donors (Lipinski definition) is 2. The lowest BCUT2D eigenvalue weighted by molar-refractivity contribution is 0.178. The second-order valence-electron chi connectivity index (χ2n) is 5.34. The molecule has 0 saturated heterocycles. The standard InChI is InChI=1S/C19H18BrNO2S/c20-15-10-19(24-13-15)17(22)12-21-11-14-6-4-5-9-18(14)23-16-7-2-1-3-8-16/h1-10,13,17,21-22H,11-12H2/t17-/m0/s1. The number of halogens is 1. The van der Waals surface area contributed by atoms with Crippen molar-refractivity contribution in [3.05, 3.63) is 81.0 Å². The van der Waals surface area contributed by atoms with E-state index in [4.69, 9.17) is 4.74 Å². The average Bonchev–Trinajstić information content (AvgIpc) is 3.04. The molecule has 0 aliphatic heterocycles. The first-order chi connectivity index (χ1) is 11.7. The van der Waals surface area contributed by atoms with Crippen LogP contribution in [0.3, 0.4) is 0 Å². The van der Waals surface area contributed by atoms with Crippen molar-refractivity contribution >= 4 is 27.3 Å². The molecule has 2 N–H and O–H groups in total. The molecule has 5 heteroatoms. The van der Waals surface area contributed by atoms with Crippen LogP contribution < -0.4 is 10.1 Å². The Morgan fingerprint density at radius 1 is 1.08 bits per heavy atom. The molecule has 124 valence electrons. The number of ether oxygens (including phenoxy) is 1. The summed E-state index contributed by atoms with van der Waals surface area (Å²) >= 11 is 4.96. The third kappa shape index (κ3) is 4.68. The Morgan fingerprint density at radius 2 is 1.83 bits per heavy atom. The first-order valence-electron chi connectivity index (χ1n) is 7.66. The van der Waals surface area contributed by atoms with Gasteiger partial charge in [0.2, 0.25) is 0 Å². The van der Waals surface area contributed by atoms with Crippen LogP contribution >= 0.6 is 27.3 Å². The average molecular weight is 404 g/mol. The highest BCUT2D eigenvalue weighted by atomic mass is 79.9. The molecule has 0 radical (unpaired) electrons. The number of aliphatic hydroxyl groups excluding tert-OH is 1. The minimum atomic E-state index is -0.511. The molecular weight excluding hydrogens is 386 g/mol. The second-order valence-corrected chi connectivity index (χ2v) is 7.20. The van der Waals surface area contributed by atoms with Gasteiger partial charge in [-0.3, -0.25) is 0 Å². The van der Waals surface area contributed by atoms with Gasteiger partial charge in [-0.15, -0.1) is 11.3 Å². The maximum atomic E-state index is 10.2. The zero-order valence-electron chi connectivity index (χ0n) is 13.0. The molecule has 0 saturated carbocycles. The normalized spacial score (nSPS) is 12.1. The van der Waals surface area contributed by atoms with Crippen LogP contribution in [-0.2, 0) is 6.54 Å². The summed E-state index contributed by atoms with van der Waals surface area (Å²) in [6.45, 7) is 1.12. The van der Waals surface area contributed by atoms with Crippen molar-refractivity contribution in [2.24, 2.45) is 0 Å². The summed E-state index contributed by atoms with van der Waals surface area (Å²) in [7, 11) is 0. The highest BCUT2D eigenvalue weighted by Gasteiger charge is 2.10. The molecule has 0 bridgehead atoms. The predicted molar refractivity (Wildman–Crippen MR) is 102 cm³/mol. The molecule has 3 aromatic rings. The number of thiophene rings is 1. The van der Waals surface area contributed by atoms with E-state index in [0.29, 0.717) is 13.1 Å². The maximum absolute atomic E-state index is 10.2. The molecule has 24 heavy (non-hydrogen) atoms. The van der Waals surface area contributed by atoms with Gasteiger partial charge in [-0.1, -0.05) is 36.4 Å². The molecular formula is C19H18BrNO2S. The van der Waals surface area contributed by atoms with Crippen molar-refractivity contribution in [3.8, 4) is 11.5 Å². The van der Waals surface area contributed by atoms with Crippen molar-refractivity contribution in [2.45, 2.75) is 12.6 Å². The van der Waals surface area contributed by atoms with Crippen LogP contribution in [-0.4, -0.2) is 11.7 Å². The first kappa shape index (κ1) is 17.2. The highest BCUT2D eigenvalue weighted by Crippen LogP contribution is 2.26. The van der Waals surface area contributed by atoms with Gasteiger partial charge in [0.05, 0.1) is 0 Å². The fourth-order valence-corrected chi connectivity index (χ4v) is 3.74. The van der Waals surface area contributed by atoms with Crippen LogP contribution in [0.2, 0.25) is 0 Å². The molecule has 0 aliphatic carbocycles. The largest absolute Gasteiger partial charge is 0.457 e. The summed E-state index contributed by atoms with van der Waals surface area (Å²) in [6.07, 6.45) is -0.511. The fraction of sp³-hybridized carbons (Fsp3) is 0.158. The number of hydrogen-bond acceptors (Lipinski definition) is 4. The zero-order chi connectivity index (χ0) is 16.8. The smallest absolute Gasteiger partial charge is 0.131 e. The molecule has 3 rings (SSSR count). The van der Waals surface area contributed by atoms with Crippen molar-refractivity contribution in [1.82, 2.24) is 5.32 Å². The topological polar surface area (TPSA) is 41.5 Å². The molecule has 0 unspecified atom stereocenters. The van der Waals surface area contributed by atoms with Gasteiger partial charge in [-0.25, -0.2) is 0 Å². The van der Waals surface area contributed by atoms with Gasteiger partial charge >= 0.3 is 0 Å². The SMILES string of the molecule is O[C@@H](CNCc1ccccc1Oc1ccccc1)c1cc(Br)cs1. The van der Waals surface area contributed by atoms with E-state index in [2.05, 4.69) is 21.2 Å². The molecule has 1 heterocycles. The first-order valence-corrected chi connectivity index (χ1v) is 9.33. The second kappa shape index (κ2) is 8.44. The number of para-hydroxylation sites is 2. The van der Waals surface area contributed by atoms with Gasteiger partial charge in [0, 0.05) is 33.4 Å². The minimum Gasteiger partial charge on any atom is -0.457 e. The van der Waals surface area contributed by atoms with E-state index < -0.39 is 6.10 Å². The van der Waals surface area contributed by atoms with Crippen molar-refractivity contribution in [2.75, 3.05) is 6.54 Å². The van der Waals surface area contributed by atoms with E-state index in [9.17, 15) is 5.11 Å². The van der Waals surface area contributed by atoms with Crippen molar-refractivity contribution < 1.29 is 9.84 Å². The predicted octanol–water partition coefficient (Wildman–Crippen LogP) is 5.13. The van der Waals surface area contributed by atoms with Gasteiger partial charge in [0.15, 0.2) is 0 Å². The van der Waals surface area contributed by atoms with E-state index >= 15 is 0 Å². The van der Waals surface area contributed by atoms with Crippen LogP contribution in [0.15, 0.2) is 70.5 Å². The zero-order valence-corrected chi connectivity index (χ0v) is 15.4. The van der Waals surface area contributed by atoms with E-state index in [0.717, 1.165) is 26.4 Å². The van der Waals surface area contributed by atoms with Crippen LogP contribution in [0, 0.1) is 0 Å². The Bertz CT molecular complexity index is 776. The van der Waals surface area contributed by atoms with Gasteiger partial charge in [0.1, 0.15) is 17.6 Å². The molecule has 2 aromatic carbocycles. The molecule has 0 amide bonds. The summed E-state index contributed by atoms with van der Waals surface area (Å²) in [5, 5.41) is 15.5. The quantitative estimate of drug-likeness (QED) is 0.574. The van der Waals surface area contributed by atoms with Crippen molar-refractivity contribution in [3.63, 3.8) is 0 Å². The summed E-state index contributed by atoms with van der Waals surface area (Å²) in [4.78, 5) is 0.947. The lowest BCUT2D eigenvalue weighted by Crippen LogP contribution is -2.20.